The highest BCUT2D eigenvalue weighted by atomic mass is 35.5. The molecule has 2 bridgehead atoms. The van der Waals surface area contributed by atoms with Crippen molar-refractivity contribution in [3.05, 3.63) is 35.4 Å². The van der Waals surface area contributed by atoms with Gasteiger partial charge in [-0.1, -0.05) is 12.1 Å². The van der Waals surface area contributed by atoms with Gasteiger partial charge in [0.2, 0.25) is 0 Å². The number of aromatic hydroxyl groups is 1. The largest absolute Gasteiger partial charge is 0.504 e. The number of nitrogens with zero attached hydrogens (tertiary/aromatic N) is 1. The molecule has 0 radical (unpaired) electrons. The summed E-state index contributed by atoms with van der Waals surface area (Å²) in [6.07, 6.45) is 6.28. The summed E-state index contributed by atoms with van der Waals surface area (Å²) in [5.41, 5.74) is 2.54. The number of hydrogen-bond donors (Lipinski definition) is 1. The summed E-state index contributed by atoms with van der Waals surface area (Å²) in [7, 11) is 2.20. The number of ether oxygens (including phenoxy) is 1. The number of alkyl halides is 1. The third kappa shape index (κ3) is 1.27. The van der Waals surface area contributed by atoms with Crippen LogP contribution in [0.15, 0.2) is 24.3 Å². The fourth-order valence-electron chi connectivity index (χ4n) is 5.26. The summed E-state index contributed by atoms with van der Waals surface area (Å²) in [4.78, 5) is 2.45. The Kier molecular flexibility index (Phi) is 2.22. The summed E-state index contributed by atoms with van der Waals surface area (Å²) >= 11 is 6.72. The van der Waals surface area contributed by atoms with Crippen molar-refractivity contribution in [3.63, 3.8) is 0 Å². The summed E-state index contributed by atoms with van der Waals surface area (Å²) < 4.78 is 6.18. The highest BCUT2D eigenvalue weighted by Crippen LogP contribution is 2.62. The lowest BCUT2D eigenvalue weighted by Gasteiger charge is -2.57. The molecule has 4 heteroatoms. The second kappa shape index (κ2) is 3.76. The molecule has 2 aliphatic carbocycles. The number of likely N-dealkylation sites (tertiary alicyclic amines) is 1. The van der Waals surface area contributed by atoms with Gasteiger partial charge in [-0.05, 0) is 44.1 Å². The molecule has 3 nitrogen and oxygen atoms in total. The second-order valence-corrected chi connectivity index (χ2v) is 7.39. The zero-order valence-corrected chi connectivity index (χ0v) is 12.7. The van der Waals surface area contributed by atoms with Crippen LogP contribution in [0.3, 0.4) is 0 Å². The topological polar surface area (TPSA) is 32.7 Å². The van der Waals surface area contributed by atoms with Crippen LogP contribution in [0, 0.1) is 5.92 Å². The van der Waals surface area contributed by atoms with Gasteiger partial charge >= 0.3 is 0 Å². The Morgan fingerprint density at radius 3 is 3.10 bits per heavy atom. The Hall–Kier alpha value is -1.19. The maximum absolute atomic E-state index is 10.2. The van der Waals surface area contributed by atoms with Gasteiger partial charge < -0.3 is 14.7 Å². The number of halogens is 1. The first-order chi connectivity index (χ1) is 10.1. The molecule has 5 rings (SSSR count). The molecule has 0 saturated carbocycles. The number of rotatable bonds is 0. The van der Waals surface area contributed by atoms with Gasteiger partial charge in [0.05, 0.1) is 5.38 Å². The molecule has 5 atom stereocenters. The van der Waals surface area contributed by atoms with E-state index in [2.05, 4.69) is 30.2 Å². The summed E-state index contributed by atoms with van der Waals surface area (Å²) in [5, 5.41) is 10.3. The Balaban J connectivity index is 1.85. The van der Waals surface area contributed by atoms with Crippen LogP contribution in [0.4, 0.5) is 0 Å². The quantitative estimate of drug-likeness (QED) is 0.590. The van der Waals surface area contributed by atoms with E-state index in [-0.39, 0.29) is 22.6 Å². The van der Waals surface area contributed by atoms with Gasteiger partial charge in [0.25, 0.3) is 0 Å². The van der Waals surface area contributed by atoms with Crippen molar-refractivity contribution in [1.29, 1.82) is 0 Å². The summed E-state index contributed by atoms with van der Waals surface area (Å²) in [6, 6.07) is 4.31. The van der Waals surface area contributed by atoms with Crippen LogP contribution in [0.25, 0.3) is 0 Å². The van der Waals surface area contributed by atoms with E-state index in [9.17, 15) is 5.11 Å². The number of phenols is 1. The molecule has 0 unspecified atom stereocenters. The highest BCUT2D eigenvalue weighted by Gasteiger charge is 2.64. The number of phenolic OH excluding ortho intramolecular Hbond substituents is 1. The molecule has 1 aromatic rings. The number of piperidine rings is 1. The Labute approximate surface area is 129 Å². The number of hydrogen-bond acceptors (Lipinski definition) is 3. The molecule has 0 amide bonds. The zero-order valence-electron chi connectivity index (χ0n) is 11.9. The SMILES string of the molecule is CN1CC[C@]23c4c5ccc(O)c4O[C@H]2C=C[C@H](Cl)[C@H]3[C@@H]1C5. The molecular weight excluding hydrogens is 286 g/mol. The lowest BCUT2D eigenvalue weighted by atomic mass is 9.53. The van der Waals surface area contributed by atoms with Gasteiger partial charge in [-0.2, -0.15) is 0 Å². The van der Waals surface area contributed by atoms with Crippen molar-refractivity contribution in [3.8, 4) is 11.5 Å². The Morgan fingerprint density at radius 2 is 2.24 bits per heavy atom. The van der Waals surface area contributed by atoms with Crippen LogP contribution in [-0.2, 0) is 11.8 Å². The predicted molar refractivity (Wildman–Crippen MR) is 81.2 cm³/mol. The first-order valence-electron chi connectivity index (χ1n) is 7.67. The number of benzene rings is 1. The number of likely N-dealkylation sites (N-methyl/N-ethyl adjacent to an activating group) is 1. The average Bonchev–Trinajstić information content (AvgIpc) is 2.81. The van der Waals surface area contributed by atoms with Gasteiger partial charge in [-0.3, -0.25) is 0 Å². The minimum Gasteiger partial charge on any atom is -0.504 e. The monoisotopic (exact) mass is 303 g/mol. The van der Waals surface area contributed by atoms with E-state index < -0.39 is 0 Å². The molecule has 1 saturated heterocycles. The fourth-order valence-corrected chi connectivity index (χ4v) is 5.74. The van der Waals surface area contributed by atoms with Crippen LogP contribution in [0.1, 0.15) is 17.5 Å². The van der Waals surface area contributed by atoms with Crippen molar-refractivity contribution < 1.29 is 9.84 Å². The van der Waals surface area contributed by atoms with Gasteiger partial charge in [0.15, 0.2) is 11.5 Å². The average molecular weight is 304 g/mol. The van der Waals surface area contributed by atoms with Crippen molar-refractivity contribution in [2.45, 2.75) is 35.8 Å². The van der Waals surface area contributed by atoms with E-state index in [4.69, 9.17) is 16.3 Å². The standard InChI is InChI=1S/C17H18ClNO2/c1-19-7-6-17-13-5-3-10(18)15(17)11(19)8-9-2-4-12(20)16(21-13)14(9)17/h2-5,10-11,13,15,20H,6-8H2,1H3/t10-,11-,13-,15-,17+/m0/s1. The molecule has 1 fully saturated rings. The summed E-state index contributed by atoms with van der Waals surface area (Å²) in [5.74, 6) is 1.34. The molecule has 110 valence electrons. The third-order valence-electron chi connectivity index (χ3n) is 6.14. The van der Waals surface area contributed by atoms with Crippen molar-refractivity contribution in [2.24, 2.45) is 5.92 Å². The number of allylic oxidation sites excluding steroid dienone is 1. The third-order valence-corrected chi connectivity index (χ3v) is 6.55. The van der Waals surface area contributed by atoms with E-state index in [1.54, 1.807) is 6.07 Å². The lowest BCUT2D eigenvalue weighted by molar-refractivity contribution is -0.00201. The van der Waals surface area contributed by atoms with E-state index in [0.29, 0.717) is 17.7 Å². The van der Waals surface area contributed by atoms with E-state index in [0.717, 1.165) is 19.4 Å². The molecule has 2 aliphatic heterocycles. The lowest BCUT2D eigenvalue weighted by Crippen LogP contribution is -2.65. The first-order valence-corrected chi connectivity index (χ1v) is 8.11. The van der Waals surface area contributed by atoms with Gasteiger partial charge in [0, 0.05) is 22.9 Å². The molecule has 4 aliphatic rings. The van der Waals surface area contributed by atoms with E-state index in [1.807, 2.05) is 0 Å². The molecule has 1 spiro atoms. The maximum Gasteiger partial charge on any atom is 0.166 e. The predicted octanol–water partition coefficient (Wildman–Crippen LogP) is 2.44. The Bertz CT molecular complexity index is 673. The summed E-state index contributed by atoms with van der Waals surface area (Å²) in [6.45, 7) is 1.06. The molecule has 21 heavy (non-hydrogen) atoms. The van der Waals surface area contributed by atoms with Crippen molar-refractivity contribution in [1.82, 2.24) is 4.90 Å². The van der Waals surface area contributed by atoms with E-state index in [1.165, 1.54) is 11.1 Å². The molecule has 1 N–H and O–H groups in total. The molecule has 0 aromatic heterocycles. The van der Waals surface area contributed by atoms with Crippen molar-refractivity contribution in [2.75, 3.05) is 13.6 Å². The molecule has 2 heterocycles. The fraction of sp³-hybridized carbons (Fsp3) is 0.529. The van der Waals surface area contributed by atoms with Crippen LogP contribution < -0.4 is 4.74 Å². The minimum atomic E-state index is -0.0417. The maximum atomic E-state index is 10.2. The first kappa shape index (κ1) is 12.4. The second-order valence-electron chi connectivity index (χ2n) is 6.88. The van der Waals surface area contributed by atoms with Crippen LogP contribution in [0.2, 0.25) is 0 Å². The zero-order chi connectivity index (χ0) is 14.4. The van der Waals surface area contributed by atoms with Crippen LogP contribution >= 0.6 is 11.6 Å². The molecule has 1 aromatic carbocycles. The van der Waals surface area contributed by atoms with Gasteiger partial charge in [-0.15, -0.1) is 11.6 Å². The minimum absolute atomic E-state index is 0.0241. The highest BCUT2D eigenvalue weighted by molar-refractivity contribution is 6.22. The van der Waals surface area contributed by atoms with Crippen LogP contribution in [0.5, 0.6) is 11.5 Å². The van der Waals surface area contributed by atoms with Gasteiger partial charge in [-0.25, -0.2) is 0 Å². The van der Waals surface area contributed by atoms with Crippen molar-refractivity contribution >= 4 is 11.6 Å². The van der Waals surface area contributed by atoms with Crippen LogP contribution in [-0.4, -0.2) is 41.1 Å². The van der Waals surface area contributed by atoms with E-state index >= 15 is 0 Å². The smallest absolute Gasteiger partial charge is 0.166 e. The normalized spacial score (nSPS) is 42.6. The Morgan fingerprint density at radius 1 is 1.38 bits per heavy atom. The van der Waals surface area contributed by atoms with Gasteiger partial charge in [0.1, 0.15) is 6.10 Å². The molecular formula is C17H18ClNO2.